The molecule has 0 saturated heterocycles. The van der Waals surface area contributed by atoms with Gasteiger partial charge in [0.2, 0.25) is 5.95 Å². The van der Waals surface area contributed by atoms with Gasteiger partial charge < -0.3 is 5.32 Å². The fourth-order valence-electron chi connectivity index (χ4n) is 4.33. The van der Waals surface area contributed by atoms with E-state index in [0.29, 0.717) is 35.0 Å². The number of nitrogens with one attached hydrogen (secondary N) is 1. The molecule has 0 unspecified atom stereocenters. The van der Waals surface area contributed by atoms with Crippen LogP contribution in [0.3, 0.4) is 0 Å². The van der Waals surface area contributed by atoms with E-state index in [1.54, 1.807) is 19.1 Å². The number of fused-ring (bicyclic) bond motifs is 1. The molecule has 5 rings (SSSR count). The molecule has 2 atom stereocenters. The van der Waals surface area contributed by atoms with Crippen molar-refractivity contribution < 1.29 is 18.0 Å². The Morgan fingerprint density at radius 3 is 2.37 bits per heavy atom. The van der Waals surface area contributed by atoms with E-state index < -0.39 is 17.7 Å². The Hall–Kier alpha value is -3.42. The third-order valence-corrected chi connectivity index (χ3v) is 5.57. The lowest BCUT2D eigenvalue weighted by atomic mass is 9.78. The highest BCUT2D eigenvalue weighted by molar-refractivity contribution is 6.00. The number of benzene rings is 2. The van der Waals surface area contributed by atoms with Crippen LogP contribution in [-0.4, -0.2) is 20.5 Å². The summed E-state index contributed by atoms with van der Waals surface area (Å²) in [4.78, 5) is 17.6. The minimum atomic E-state index is -0.774. The van der Waals surface area contributed by atoms with E-state index in [4.69, 9.17) is 0 Å². The number of Topliss-reactive ketones (excluding diaryl/α,β-unsaturated/α-hetero) is 1. The zero-order valence-corrected chi connectivity index (χ0v) is 16.0. The Bertz CT molecular complexity index is 1180. The Morgan fingerprint density at radius 1 is 0.967 bits per heavy atom. The van der Waals surface area contributed by atoms with Crippen LogP contribution in [0.2, 0.25) is 0 Å². The van der Waals surface area contributed by atoms with Gasteiger partial charge in [-0.3, -0.25) is 4.79 Å². The summed E-state index contributed by atoms with van der Waals surface area (Å²) >= 11 is 0. The number of aryl methyl sites for hydroxylation is 1. The number of ketones is 1. The van der Waals surface area contributed by atoms with Crippen molar-refractivity contribution in [3.8, 4) is 0 Å². The van der Waals surface area contributed by atoms with Crippen molar-refractivity contribution in [2.45, 2.75) is 31.7 Å². The van der Waals surface area contributed by atoms with E-state index in [2.05, 4.69) is 15.4 Å². The largest absolute Gasteiger partial charge is 0.328 e. The van der Waals surface area contributed by atoms with Crippen molar-refractivity contribution in [1.82, 2.24) is 14.8 Å². The summed E-state index contributed by atoms with van der Waals surface area (Å²) in [5.74, 6) is -1.19. The molecule has 0 amide bonds. The van der Waals surface area contributed by atoms with E-state index in [0.717, 1.165) is 11.6 Å². The first-order valence-corrected chi connectivity index (χ1v) is 9.57. The van der Waals surface area contributed by atoms with Crippen LogP contribution in [-0.2, 0) is 4.79 Å². The lowest BCUT2D eigenvalue weighted by Gasteiger charge is -2.35. The summed E-state index contributed by atoms with van der Waals surface area (Å²) in [6, 6.07) is 8.53. The van der Waals surface area contributed by atoms with Crippen LogP contribution in [0.5, 0.6) is 0 Å². The third-order valence-electron chi connectivity index (χ3n) is 5.57. The molecule has 0 radical (unpaired) electrons. The first-order valence-electron chi connectivity index (χ1n) is 9.57. The first-order chi connectivity index (χ1) is 14.4. The summed E-state index contributed by atoms with van der Waals surface area (Å²) in [5.41, 5.74) is 2.22. The average Bonchev–Trinajstić information content (AvgIpc) is 3.05. The number of aromatic nitrogens is 3. The second kappa shape index (κ2) is 6.83. The van der Waals surface area contributed by atoms with Crippen LogP contribution in [0, 0.1) is 24.4 Å². The normalized spacial score (nSPS) is 20.6. The monoisotopic (exact) mass is 410 g/mol. The number of halogens is 3. The molecule has 0 fully saturated rings. The summed E-state index contributed by atoms with van der Waals surface area (Å²) in [7, 11) is 0. The lowest BCUT2D eigenvalue weighted by molar-refractivity contribution is -0.116. The van der Waals surface area contributed by atoms with Gasteiger partial charge in [-0.1, -0.05) is 12.1 Å². The minimum absolute atomic E-state index is 0.134. The van der Waals surface area contributed by atoms with E-state index in [9.17, 15) is 18.0 Å². The van der Waals surface area contributed by atoms with E-state index in [1.165, 1.54) is 28.9 Å². The van der Waals surface area contributed by atoms with Crippen LogP contribution in [0.1, 0.15) is 41.8 Å². The van der Waals surface area contributed by atoms with Gasteiger partial charge in [0.15, 0.2) is 5.78 Å². The number of allylic oxidation sites excluding steroid dienone is 2. The van der Waals surface area contributed by atoms with Crippen molar-refractivity contribution in [3.63, 3.8) is 0 Å². The summed E-state index contributed by atoms with van der Waals surface area (Å²) in [6.45, 7) is 1.71. The molecule has 0 bridgehead atoms. The Kier molecular flexibility index (Phi) is 4.23. The topological polar surface area (TPSA) is 59.8 Å². The van der Waals surface area contributed by atoms with Crippen molar-refractivity contribution in [3.05, 3.63) is 88.1 Å². The van der Waals surface area contributed by atoms with E-state index in [1.807, 2.05) is 0 Å². The molecule has 1 N–H and O–H groups in total. The molecule has 30 heavy (non-hydrogen) atoms. The second-order valence-electron chi connectivity index (χ2n) is 7.63. The highest BCUT2D eigenvalue weighted by atomic mass is 19.1. The molecule has 1 aliphatic carbocycles. The molecule has 0 saturated carbocycles. The number of rotatable bonds is 2. The number of hydrogen-bond donors (Lipinski definition) is 1. The Balaban J connectivity index is 1.62. The molecular weight excluding hydrogens is 393 g/mol. The molecule has 3 aromatic rings. The fraction of sp³-hybridized carbons (Fsp3) is 0.227. The first kappa shape index (κ1) is 18.6. The zero-order valence-electron chi connectivity index (χ0n) is 16.0. The summed E-state index contributed by atoms with van der Waals surface area (Å²) in [6.07, 6.45) is 0.705. The highest BCUT2D eigenvalue weighted by Crippen LogP contribution is 2.44. The zero-order chi connectivity index (χ0) is 21.0. The molecular formula is C22H17F3N4O. The van der Waals surface area contributed by atoms with Crippen molar-refractivity contribution >= 4 is 11.7 Å². The van der Waals surface area contributed by atoms with Gasteiger partial charge in [0, 0.05) is 23.8 Å². The molecule has 5 nitrogen and oxygen atoms in total. The van der Waals surface area contributed by atoms with Gasteiger partial charge in [-0.2, -0.15) is 10.1 Å². The van der Waals surface area contributed by atoms with Gasteiger partial charge in [-0.15, -0.1) is 0 Å². The third kappa shape index (κ3) is 3.08. The summed E-state index contributed by atoms with van der Waals surface area (Å²) < 4.78 is 42.7. The van der Waals surface area contributed by atoms with Crippen LogP contribution < -0.4 is 5.32 Å². The van der Waals surface area contributed by atoms with Crippen LogP contribution in [0.15, 0.2) is 53.7 Å². The molecule has 2 heterocycles. The van der Waals surface area contributed by atoms with Crippen LogP contribution in [0.4, 0.5) is 19.1 Å². The molecule has 8 heteroatoms. The number of hydrogen-bond acceptors (Lipinski definition) is 4. The van der Waals surface area contributed by atoms with Gasteiger partial charge in [-0.05, 0) is 54.7 Å². The van der Waals surface area contributed by atoms with Gasteiger partial charge >= 0.3 is 0 Å². The number of carbonyl (C=O) groups excluding carboxylic acids is 1. The van der Waals surface area contributed by atoms with E-state index >= 15 is 0 Å². The standard InChI is InChI=1S/C22H17F3N4O/c1-11-26-22-27-18-8-13(12-2-4-15(23)5-3-12)9-19(30)20(18)21(29(22)28-11)14-6-16(24)10-17(25)7-14/h2-7,10,13,21H,8-9H2,1H3,(H,26,27,28)/t13-,21-/m0/s1. The molecule has 0 spiro atoms. The molecule has 2 aromatic carbocycles. The second-order valence-corrected chi connectivity index (χ2v) is 7.63. The van der Waals surface area contributed by atoms with Crippen molar-refractivity contribution in [2.75, 3.05) is 5.32 Å². The highest BCUT2D eigenvalue weighted by Gasteiger charge is 2.39. The predicted octanol–water partition coefficient (Wildman–Crippen LogP) is 4.42. The predicted molar refractivity (Wildman–Crippen MR) is 103 cm³/mol. The van der Waals surface area contributed by atoms with Gasteiger partial charge in [0.25, 0.3) is 0 Å². The molecule has 2 aliphatic rings. The molecule has 1 aromatic heterocycles. The van der Waals surface area contributed by atoms with Gasteiger partial charge in [0.1, 0.15) is 29.3 Å². The molecule has 152 valence electrons. The SMILES string of the molecule is Cc1nc2n(n1)[C@@H](c1cc(F)cc(F)c1)C1=C(C[C@H](c3ccc(F)cc3)CC1=O)N2. The molecule has 1 aliphatic heterocycles. The summed E-state index contributed by atoms with van der Waals surface area (Å²) in [5, 5.41) is 7.53. The maximum absolute atomic E-state index is 14.0. The van der Waals surface area contributed by atoms with Gasteiger partial charge in [0.05, 0.1) is 0 Å². The van der Waals surface area contributed by atoms with Crippen LogP contribution >= 0.6 is 0 Å². The smallest absolute Gasteiger partial charge is 0.226 e. The van der Waals surface area contributed by atoms with Crippen molar-refractivity contribution in [1.29, 1.82) is 0 Å². The maximum Gasteiger partial charge on any atom is 0.226 e. The Labute approximate surface area is 170 Å². The number of anilines is 1. The minimum Gasteiger partial charge on any atom is -0.328 e. The Morgan fingerprint density at radius 2 is 1.67 bits per heavy atom. The van der Waals surface area contributed by atoms with E-state index in [-0.39, 0.29) is 23.9 Å². The number of carbonyl (C=O) groups is 1. The lowest BCUT2D eigenvalue weighted by Crippen LogP contribution is -2.33. The maximum atomic E-state index is 14.0. The van der Waals surface area contributed by atoms with Crippen LogP contribution in [0.25, 0.3) is 0 Å². The quantitative estimate of drug-likeness (QED) is 0.680. The fourth-order valence-corrected chi connectivity index (χ4v) is 4.33. The number of nitrogens with zero attached hydrogens (tertiary/aromatic N) is 3. The van der Waals surface area contributed by atoms with Gasteiger partial charge in [-0.25, -0.2) is 17.9 Å². The van der Waals surface area contributed by atoms with Crippen molar-refractivity contribution in [2.24, 2.45) is 0 Å². The average molecular weight is 410 g/mol.